The van der Waals surface area contributed by atoms with Gasteiger partial charge in [0, 0.05) is 12.3 Å². The van der Waals surface area contributed by atoms with Gasteiger partial charge in [-0.1, -0.05) is 11.6 Å². The van der Waals surface area contributed by atoms with Gasteiger partial charge in [0.05, 0.1) is 21.7 Å². The van der Waals surface area contributed by atoms with Crippen LogP contribution in [0.15, 0.2) is 30.6 Å². The summed E-state index contributed by atoms with van der Waals surface area (Å²) in [4.78, 5) is 21.1. The first kappa shape index (κ1) is 12.1. The van der Waals surface area contributed by atoms with Gasteiger partial charge in [-0.3, -0.25) is 10.1 Å². The highest BCUT2D eigenvalue weighted by molar-refractivity contribution is 6.30. The van der Waals surface area contributed by atoms with E-state index in [2.05, 4.69) is 5.10 Å². The Morgan fingerprint density at radius 3 is 2.72 bits per heavy atom. The molecule has 0 aliphatic carbocycles. The number of nitro benzene ring substituents is 1. The molecule has 0 spiro atoms. The summed E-state index contributed by atoms with van der Waals surface area (Å²) in [6.45, 7) is 0. The molecule has 0 aliphatic rings. The number of carbonyl (C=O) groups is 1. The first-order chi connectivity index (χ1) is 8.49. The van der Waals surface area contributed by atoms with Gasteiger partial charge in [0.25, 0.3) is 5.69 Å². The Labute approximate surface area is 105 Å². The van der Waals surface area contributed by atoms with Crippen LogP contribution in [0.2, 0.25) is 5.02 Å². The lowest BCUT2D eigenvalue weighted by molar-refractivity contribution is -0.384. The molecule has 1 N–H and O–H groups in total. The van der Waals surface area contributed by atoms with Crippen LogP contribution >= 0.6 is 11.6 Å². The number of hydrogen-bond donors (Lipinski definition) is 1. The third-order valence-electron chi connectivity index (χ3n) is 2.22. The summed E-state index contributed by atoms with van der Waals surface area (Å²) in [6.07, 6.45) is 2.66. The van der Waals surface area contributed by atoms with Gasteiger partial charge < -0.3 is 5.11 Å². The third-order valence-corrected chi connectivity index (χ3v) is 2.41. The molecule has 0 unspecified atom stereocenters. The minimum atomic E-state index is -1.18. The van der Waals surface area contributed by atoms with Gasteiger partial charge in [-0.25, -0.2) is 9.48 Å². The van der Waals surface area contributed by atoms with E-state index in [9.17, 15) is 14.9 Å². The molecule has 0 bridgehead atoms. The molecule has 0 fully saturated rings. The fourth-order valence-electron chi connectivity index (χ4n) is 1.43. The zero-order valence-corrected chi connectivity index (χ0v) is 9.53. The summed E-state index contributed by atoms with van der Waals surface area (Å²) in [5.74, 6) is -1.18. The lowest BCUT2D eigenvalue weighted by Gasteiger charge is -2.04. The largest absolute Gasteiger partial charge is 0.478 e. The highest BCUT2D eigenvalue weighted by atomic mass is 35.5. The van der Waals surface area contributed by atoms with Crippen molar-refractivity contribution in [3.8, 4) is 5.69 Å². The van der Waals surface area contributed by atoms with Crippen LogP contribution in [0.4, 0.5) is 5.69 Å². The zero-order chi connectivity index (χ0) is 13.3. The number of hydrogen-bond acceptors (Lipinski definition) is 4. The van der Waals surface area contributed by atoms with Crippen LogP contribution in [0.5, 0.6) is 0 Å². The SMILES string of the molecule is O=C(O)c1ccc([N+](=O)[O-])c(-n2cc(Cl)cn2)c1. The van der Waals surface area contributed by atoms with Gasteiger partial charge in [-0.2, -0.15) is 5.10 Å². The molecule has 7 nitrogen and oxygen atoms in total. The molecule has 0 amide bonds. The molecule has 18 heavy (non-hydrogen) atoms. The Morgan fingerprint density at radius 1 is 1.50 bits per heavy atom. The van der Waals surface area contributed by atoms with Gasteiger partial charge >= 0.3 is 5.97 Å². The van der Waals surface area contributed by atoms with E-state index in [-0.39, 0.29) is 16.9 Å². The summed E-state index contributed by atoms with van der Waals surface area (Å²) in [7, 11) is 0. The Hall–Kier alpha value is -2.41. The molecule has 0 radical (unpaired) electrons. The molecule has 2 aromatic rings. The van der Waals surface area contributed by atoms with Crippen molar-refractivity contribution in [2.24, 2.45) is 0 Å². The fraction of sp³-hybridized carbons (Fsp3) is 0. The minimum absolute atomic E-state index is 0.0480. The smallest absolute Gasteiger partial charge is 0.335 e. The zero-order valence-electron chi connectivity index (χ0n) is 8.78. The molecule has 0 saturated heterocycles. The maximum absolute atomic E-state index is 10.9. The molecule has 0 aliphatic heterocycles. The average Bonchev–Trinajstić information content (AvgIpc) is 2.74. The highest BCUT2D eigenvalue weighted by Gasteiger charge is 2.18. The lowest BCUT2D eigenvalue weighted by Crippen LogP contribution is -2.04. The standard InChI is InChI=1S/C10H6ClN3O4/c11-7-4-12-13(5-7)9-3-6(10(15)16)1-2-8(9)14(17)18/h1-5H,(H,15,16). The number of nitro groups is 1. The number of aromatic nitrogens is 2. The fourth-order valence-corrected chi connectivity index (χ4v) is 1.56. The lowest BCUT2D eigenvalue weighted by atomic mass is 10.2. The minimum Gasteiger partial charge on any atom is -0.478 e. The normalized spacial score (nSPS) is 10.3. The predicted octanol–water partition coefficient (Wildman–Crippen LogP) is 2.13. The van der Waals surface area contributed by atoms with E-state index in [1.807, 2.05) is 0 Å². The summed E-state index contributed by atoms with van der Waals surface area (Å²) in [5, 5.41) is 23.8. The van der Waals surface area contributed by atoms with E-state index in [1.165, 1.54) is 18.5 Å². The molecule has 8 heteroatoms. The van der Waals surface area contributed by atoms with E-state index < -0.39 is 10.9 Å². The van der Waals surface area contributed by atoms with Gasteiger partial charge in [-0.15, -0.1) is 0 Å². The van der Waals surface area contributed by atoms with Crippen LogP contribution in [0, 0.1) is 10.1 Å². The molecule has 0 atom stereocenters. The second-order valence-corrected chi connectivity index (χ2v) is 3.81. The van der Waals surface area contributed by atoms with E-state index in [0.717, 1.165) is 16.8 Å². The van der Waals surface area contributed by atoms with Crippen LogP contribution in [-0.2, 0) is 0 Å². The molecule has 0 saturated carbocycles. The molecular formula is C10H6ClN3O4. The van der Waals surface area contributed by atoms with Crippen molar-refractivity contribution in [2.45, 2.75) is 0 Å². The summed E-state index contributed by atoms with van der Waals surface area (Å²) >= 11 is 5.68. The van der Waals surface area contributed by atoms with E-state index in [1.54, 1.807) is 0 Å². The molecule has 2 rings (SSSR count). The number of benzene rings is 1. The van der Waals surface area contributed by atoms with Crippen LogP contribution in [0.1, 0.15) is 10.4 Å². The Kier molecular flexibility index (Phi) is 2.99. The highest BCUT2D eigenvalue weighted by Crippen LogP contribution is 2.24. The van der Waals surface area contributed by atoms with E-state index >= 15 is 0 Å². The maximum Gasteiger partial charge on any atom is 0.335 e. The Bertz CT molecular complexity index is 638. The van der Waals surface area contributed by atoms with Crippen molar-refractivity contribution in [3.63, 3.8) is 0 Å². The monoisotopic (exact) mass is 267 g/mol. The quantitative estimate of drug-likeness (QED) is 0.678. The van der Waals surface area contributed by atoms with Crippen molar-refractivity contribution >= 4 is 23.3 Å². The van der Waals surface area contributed by atoms with Crippen LogP contribution in [-0.4, -0.2) is 25.8 Å². The number of nitrogens with zero attached hydrogens (tertiary/aromatic N) is 3. The van der Waals surface area contributed by atoms with Gasteiger partial charge in [0.1, 0.15) is 5.69 Å². The Morgan fingerprint density at radius 2 is 2.22 bits per heavy atom. The number of aromatic carboxylic acids is 1. The molecular weight excluding hydrogens is 262 g/mol. The second-order valence-electron chi connectivity index (χ2n) is 3.37. The third kappa shape index (κ3) is 2.16. The summed E-state index contributed by atoms with van der Waals surface area (Å²) in [5.41, 5.74) is -0.270. The first-order valence-electron chi connectivity index (χ1n) is 4.71. The number of halogens is 1. The van der Waals surface area contributed by atoms with E-state index in [4.69, 9.17) is 16.7 Å². The van der Waals surface area contributed by atoms with Crippen LogP contribution < -0.4 is 0 Å². The van der Waals surface area contributed by atoms with E-state index in [0.29, 0.717) is 5.02 Å². The van der Waals surface area contributed by atoms with Crippen molar-refractivity contribution in [2.75, 3.05) is 0 Å². The van der Waals surface area contributed by atoms with Crippen molar-refractivity contribution in [1.82, 2.24) is 9.78 Å². The molecule has 1 aromatic heterocycles. The van der Waals surface area contributed by atoms with Crippen molar-refractivity contribution < 1.29 is 14.8 Å². The predicted molar refractivity (Wildman–Crippen MR) is 62.2 cm³/mol. The molecule has 1 heterocycles. The summed E-state index contributed by atoms with van der Waals surface area (Å²) < 4.78 is 1.16. The van der Waals surface area contributed by atoms with Crippen LogP contribution in [0.25, 0.3) is 5.69 Å². The maximum atomic E-state index is 10.9. The number of rotatable bonds is 3. The van der Waals surface area contributed by atoms with Gasteiger partial charge in [0.2, 0.25) is 0 Å². The Balaban J connectivity index is 2.64. The van der Waals surface area contributed by atoms with Crippen molar-refractivity contribution in [3.05, 3.63) is 51.3 Å². The van der Waals surface area contributed by atoms with Gasteiger partial charge in [0.15, 0.2) is 0 Å². The topological polar surface area (TPSA) is 98.3 Å². The van der Waals surface area contributed by atoms with Crippen LogP contribution in [0.3, 0.4) is 0 Å². The first-order valence-corrected chi connectivity index (χ1v) is 5.09. The number of carboxylic acid groups (broad SMARTS) is 1. The second kappa shape index (κ2) is 4.46. The van der Waals surface area contributed by atoms with Gasteiger partial charge in [-0.05, 0) is 12.1 Å². The molecule has 92 valence electrons. The average molecular weight is 268 g/mol. The number of carboxylic acids is 1. The van der Waals surface area contributed by atoms with Crippen molar-refractivity contribution in [1.29, 1.82) is 0 Å². The summed E-state index contributed by atoms with van der Waals surface area (Å²) in [6, 6.07) is 3.45. The molecule has 1 aromatic carbocycles.